The summed E-state index contributed by atoms with van der Waals surface area (Å²) in [5, 5.41) is 0. The van der Waals surface area contributed by atoms with Crippen LogP contribution in [-0.4, -0.2) is 66.3 Å². The fraction of sp³-hybridized carbons (Fsp3) is 0. The Morgan fingerprint density at radius 2 is 2.25 bits per heavy atom. The van der Waals surface area contributed by atoms with Crippen molar-refractivity contribution >= 4 is 66.3 Å². The molecule has 0 nitrogen and oxygen atoms in total. The summed E-state index contributed by atoms with van der Waals surface area (Å²) in [4.78, 5) is 0. The van der Waals surface area contributed by atoms with E-state index in [-0.39, 0.29) is 0 Å². The van der Waals surface area contributed by atoms with Gasteiger partial charge in [-0.3, -0.25) is 0 Å². The molecule has 0 N–H and O–H groups in total. The molecule has 0 aromatic heterocycles. The van der Waals surface area contributed by atoms with Crippen LogP contribution in [0.5, 0.6) is 0 Å². The molecule has 26 valence electrons. The normalized spacial score (nSPS) is 7.25. The van der Waals surface area contributed by atoms with Crippen LogP contribution in [-0.2, 0) is 0 Å². The van der Waals surface area contributed by atoms with Crippen molar-refractivity contribution in [2.24, 2.45) is 0 Å². The summed E-state index contributed by atoms with van der Waals surface area (Å²) < 4.78 is 0. The molecular formula is H2Po4. The Balaban J connectivity index is 2.30. The van der Waals surface area contributed by atoms with Crippen LogP contribution in [0.2, 0.25) is 0 Å². The Morgan fingerprint density at radius 3 is 2.25 bits per heavy atom. The predicted molar refractivity (Wildman–Crippen MR) is 25.8 cm³/mol. The molecule has 0 aliphatic carbocycles. The van der Waals surface area contributed by atoms with Gasteiger partial charge in [0.25, 0.3) is 0 Å². The molecule has 4 heavy (non-hydrogen) atoms. The van der Waals surface area contributed by atoms with Gasteiger partial charge in [0.1, 0.15) is 0 Å². The molecular weight excluding hydrogens is 836 g/mol. The van der Waals surface area contributed by atoms with Crippen LogP contribution < -0.4 is 0 Å². The van der Waals surface area contributed by atoms with E-state index in [9.17, 15) is 0 Å². The van der Waals surface area contributed by atoms with Gasteiger partial charge < -0.3 is 0 Å². The van der Waals surface area contributed by atoms with E-state index in [1.165, 1.54) is 0 Å². The van der Waals surface area contributed by atoms with Gasteiger partial charge in [0.15, 0.2) is 0 Å². The summed E-state index contributed by atoms with van der Waals surface area (Å²) in [6.45, 7) is 0. The summed E-state index contributed by atoms with van der Waals surface area (Å²) in [5.74, 6) is 0. The zero-order valence-corrected chi connectivity index (χ0v) is 15.0. The van der Waals surface area contributed by atoms with E-state index in [0.717, 1.165) is 0 Å². The third-order valence-corrected chi connectivity index (χ3v) is 198. The second-order valence-corrected chi connectivity index (χ2v) is 106. The van der Waals surface area contributed by atoms with Gasteiger partial charge in [-0.1, -0.05) is 0 Å². The van der Waals surface area contributed by atoms with Gasteiger partial charge in [0.2, 0.25) is 0 Å². The summed E-state index contributed by atoms with van der Waals surface area (Å²) in [6, 6.07) is 0. The molecule has 0 radical (unpaired) electrons. The minimum absolute atomic E-state index is 0.455. The number of hydrogen-bond acceptors (Lipinski definition) is 0. The molecule has 0 amide bonds. The van der Waals surface area contributed by atoms with Crippen LogP contribution in [0.25, 0.3) is 0 Å². The Hall–Kier alpha value is 3.58. The molecule has 0 saturated heterocycles. The molecule has 0 aliphatic heterocycles. The van der Waals surface area contributed by atoms with E-state index in [1.54, 1.807) is 0 Å². The monoisotopic (exact) mass is 838 g/mol. The molecule has 0 unspecified atom stereocenters. The Labute approximate surface area is 63.8 Å². The minimum atomic E-state index is 0.455. The van der Waals surface area contributed by atoms with Crippen LogP contribution in [0.3, 0.4) is 0 Å². The second-order valence-electron chi connectivity index (χ2n) is 0.156. The fourth-order valence-electron chi connectivity index (χ4n) is 0. The molecule has 0 spiro atoms. The topological polar surface area (TPSA) is 0 Å². The maximum atomic E-state index is 1.99. The van der Waals surface area contributed by atoms with E-state index < -0.39 is 0 Å². The molecule has 0 fully saturated rings. The van der Waals surface area contributed by atoms with Crippen molar-refractivity contribution in [3.05, 3.63) is 0 Å². The summed E-state index contributed by atoms with van der Waals surface area (Å²) in [5.41, 5.74) is 0. The van der Waals surface area contributed by atoms with Crippen LogP contribution in [0.1, 0.15) is 0 Å². The molecule has 0 atom stereocenters. The van der Waals surface area contributed by atoms with Gasteiger partial charge in [-0.25, -0.2) is 0 Å². The van der Waals surface area contributed by atoms with Gasteiger partial charge in [0, 0.05) is 0 Å². The van der Waals surface area contributed by atoms with Crippen molar-refractivity contribution in [1.29, 1.82) is 0 Å². The third-order valence-electron chi connectivity index (χ3n) is 0.0333. The van der Waals surface area contributed by atoms with Crippen LogP contribution in [0.4, 0.5) is 0 Å². The zero-order chi connectivity index (χ0) is 3.41. The molecule has 0 aliphatic rings. The average Bonchev–Trinajstić information content (AvgIpc) is 1.37. The molecule has 0 aromatic rings. The van der Waals surface area contributed by atoms with Crippen molar-refractivity contribution in [3.63, 3.8) is 0 Å². The van der Waals surface area contributed by atoms with Gasteiger partial charge in [0.05, 0.1) is 0 Å². The second kappa shape index (κ2) is 6.58. The van der Waals surface area contributed by atoms with Gasteiger partial charge in [-0.15, -0.1) is 0 Å². The van der Waals surface area contributed by atoms with Gasteiger partial charge in [-0.05, 0) is 0 Å². The van der Waals surface area contributed by atoms with Crippen molar-refractivity contribution in [2.45, 2.75) is 0 Å². The molecule has 0 heterocycles. The molecule has 0 rings (SSSR count). The summed E-state index contributed by atoms with van der Waals surface area (Å²) in [6.07, 6.45) is 0. The van der Waals surface area contributed by atoms with Crippen molar-refractivity contribution < 1.29 is 0 Å². The number of rotatable bonds is 1. The van der Waals surface area contributed by atoms with E-state index in [1.807, 2.05) is 39.6 Å². The Bertz CT molecular complexity index is 14.0. The molecule has 0 saturated carbocycles. The van der Waals surface area contributed by atoms with Crippen LogP contribution >= 0.6 is 0 Å². The van der Waals surface area contributed by atoms with Crippen molar-refractivity contribution in [2.75, 3.05) is 0 Å². The molecule has 4 heteroatoms. The van der Waals surface area contributed by atoms with E-state index in [2.05, 4.69) is 0 Å². The van der Waals surface area contributed by atoms with Crippen LogP contribution in [0.15, 0.2) is 0 Å². The van der Waals surface area contributed by atoms with Gasteiger partial charge >= 0.3 is 66.3 Å². The molecule has 0 bridgehead atoms. The van der Waals surface area contributed by atoms with E-state index in [4.69, 9.17) is 0 Å². The average molecular weight is 838 g/mol. The summed E-state index contributed by atoms with van der Waals surface area (Å²) >= 11 is 4.83. The van der Waals surface area contributed by atoms with Crippen LogP contribution in [0, 0.1) is 0 Å². The third kappa shape index (κ3) is 5.58. The number of hydrogen-bond donors (Lipinski definition) is 0. The summed E-state index contributed by atoms with van der Waals surface area (Å²) in [7, 11) is 0. The molecule has 0 aromatic carbocycles. The Morgan fingerprint density at radius 1 is 2.00 bits per heavy atom. The first-order valence-corrected chi connectivity index (χ1v) is 42.2. The standard InChI is InChI=1S/4Po.2H. The zero-order valence-electron chi connectivity index (χ0n) is 1.71. The first kappa shape index (κ1) is 7.58. The quantitative estimate of drug-likeness (QED) is 0.286. The van der Waals surface area contributed by atoms with Crippen molar-refractivity contribution in [3.8, 4) is 0 Å². The first-order chi connectivity index (χ1) is 1.91. The maximum absolute atomic E-state index is 1.99. The first-order valence-electron chi connectivity index (χ1n) is 0.548. The van der Waals surface area contributed by atoms with E-state index in [0.29, 0.717) is 26.7 Å². The predicted octanol–water partition coefficient (Wildman–Crippen LogP) is -2.06. The SMILES string of the molecule is [Po]=[PoH][Po][PoH]. The van der Waals surface area contributed by atoms with Crippen molar-refractivity contribution in [1.82, 2.24) is 0 Å². The fourth-order valence-corrected chi connectivity index (χ4v) is 0. The van der Waals surface area contributed by atoms with E-state index >= 15 is 0 Å². The Kier molecular flexibility index (Phi) is 12.5. The van der Waals surface area contributed by atoms with Gasteiger partial charge in [-0.2, -0.15) is 0 Å².